The molecule has 0 saturated carbocycles. The van der Waals surface area contributed by atoms with Gasteiger partial charge in [0.25, 0.3) is 0 Å². The van der Waals surface area contributed by atoms with Crippen LogP contribution in [0.1, 0.15) is 12.8 Å². The number of aliphatic carboxylic acids is 1. The summed E-state index contributed by atoms with van der Waals surface area (Å²) in [5.74, 6) is -1.04. The molecule has 0 aliphatic carbocycles. The monoisotopic (exact) mass is 276 g/mol. The zero-order valence-electron chi connectivity index (χ0n) is 11.7. The van der Waals surface area contributed by atoms with Crippen LogP contribution in [0.25, 0.3) is 0 Å². The molecule has 0 spiro atoms. The van der Waals surface area contributed by atoms with E-state index in [0.29, 0.717) is 12.2 Å². The molecule has 0 unspecified atom stereocenters. The number of urea groups is 1. The lowest BCUT2D eigenvalue weighted by Gasteiger charge is -2.27. The molecule has 20 heavy (non-hydrogen) atoms. The minimum atomic E-state index is -1.04. The number of hydrogen-bond acceptors (Lipinski definition) is 2. The maximum atomic E-state index is 12.3. The standard InChI is InChI=1S/C15H20N2O3/c1-3-4-8-11-16(2)15(20)17(12-14(18)19)13-9-6-5-7-10-13/h3,5-7,9-10H,1,4,8,11-12H2,2H3,(H,18,19). The lowest BCUT2D eigenvalue weighted by molar-refractivity contribution is -0.135. The van der Waals surface area contributed by atoms with Gasteiger partial charge in [0, 0.05) is 19.3 Å². The van der Waals surface area contributed by atoms with Crippen molar-refractivity contribution in [2.24, 2.45) is 0 Å². The molecule has 0 aliphatic rings. The predicted molar refractivity (Wildman–Crippen MR) is 78.9 cm³/mol. The molecule has 1 rings (SSSR count). The van der Waals surface area contributed by atoms with Crippen molar-refractivity contribution in [1.82, 2.24) is 4.90 Å². The fourth-order valence-electron chi connectivity index (χ4n) is 1.79. The molecule has 0 bridgehead atoms. The lowest BCUT2D eigenvalue weighted by atomic mass is 10.3. The van der Waals surface area contributed by atoms with E-state index < -0.39 is 5.97 Å². The van der Waals surface area contributed by atoms with Crippen molar-refractivity contribution >= 4 is 17.7 Å². The van der Waals surface area contributed by atoms with Crippen LogP contribution in [0.3, 0.4) is 0 Å². The van der Waals surface area contributed by atoms with E-state index in [1.165, 1.54) is 9.80 Å². The first-order chi connectivity index (χ1) is 9.56. The number of benzene rings is 1. The highest BCUT2D eigenvalue weighted by Gasteiger charge is 2.21. The average molecular weight is 276 g/mol. The van der Waals surface area contributed by atoms with Crippen molar-refractivity contribution in [2.75, 3.05) is 25.0 Å². The molecule has 0 heterocycles. The second-order valence-corrected chi connectivity index (χ2v) is 4.45. The quantitative estimate of drug-likeness (QED) is 0.615. The number of unbranched alkanes of at least 4 members (excludes halogenated alkanes) is 1. The van der Waals surface area contributed by atoms with Crippen LogP contribution in [-0.2, 0) is 4.79 Å². The van der Waals surface area contributed by atoms with Gasteiger partial charge in [0.2, 0.25) is 0 Å². The van der Waals surface area contributed by atoms with Gasteiger partial charge in [-0.2, -0.15) is 0 Å². The summed E-state index contributed by atoms with van der Waals surface area (Å²) in [4.78, 5) is 26.1. The van der Waals surface area contributed by atoms with Gasteiger partial charge in [-0.15, -0.1) is 6.58 Å². The molecule has 0 aliphatic heterocycles. The summed E-state index contributed by atoms with van der Waals surface area (Å²) in [6, 6.07) is 8.49. The van der Waals surface area contributed by atoms with Gasteiger partial charge in [0.05, 0.1) is 0 Å². The van der Waals surface area contributed by atoms with Crippen molar-refractivity contribution in [1.29, 1.82) is 0 Å². The predicted octanol–water partition coefficient (Wildman–Crippen LogP) is 2.60. The Kier molecular flexibility index (Phi) is 6.29. The Balaban J connectivity index is 2.80. The van der Waals surface area contributed by atoms with E-state index in [0.717, 1.165) is 12.8 Å². The van der Waals surface area contributed by atoms with Gasteiger partial charge in [0.1, 0.15) is 6.54 Å². The Morgan fingerprint density at radius 3 is 2.50 bits per heavy atom. The molecule has 108 valence electrons. The maximum Gasteiger partial charge on any atom is 0.324 e. The largest absolute Gasteiger partial charge is 0.480 e. The molecule has 5 heteroatoms. The van der Waals surface area contributed by atoms with Crippen LogP contribution in [0, 0.1) is 0 Å². The number of allylic oxidation sites excluding steroid dienone is 1. The summed E-state index contributed by atoms with van der Waals surface area (Å²) in [7, 11) is 1.67. The highest BCUT2D eigenvalue weighted by atomic mass is 16.4. The Morgan fingerprint density at radius 1 is 1.30 bits per heavy atom. The van der Waals surface area contributed by atoms with E-state index in [1.807, 2.05) is 6.07 Å². The summed E-state index contributed by atoms with van der Waals surface area (Å²) < 4.78 is 0. The van der Waals surface area contributed by atoms with E-state index in [9.17, 15) is 9.59 Å². The third-order valence-electron chi connectivity index (χ3n) is 2.82. The molecule has 0 radical (unpaired) electrons. The topological polar surface area (TPSA) is 60.9 Å². The van der Waals surface area contributed by atoms with Crippen LogP contribution in [0.5, 0.6) is 0 Å². The molecule has 1 aromatic carbocycles. The Bertz CT molecular complexity index is 459. The number of nitrogens with zero attached hydrogens (tertiary/aromatic N) is 2. The SMILES string of the molecule is C=CCCCN(C)C(=O)N(CC(=O)O)c1ccccc1. The summed E-state index contributed by atoms with van der Waals surface area (Å²) >= 11 is 0. The minimum absolute atomic E-state index is 0.317. The molecule has 0 atom stereocenters. The Labute approximate surface area is 119 Å². The first-order valence-corrected chi connectivity index (χ1v) is 6.46. The van der Waals surface area contributed by atoms with Crippen molar-refractivity contribution < 1.29 is 14.7 Å². The van der Waals surface area contributed by atoms with Crippen LogP contribution in [0.4, 0.5) is 10.5 Å². The minimum Gasteiger partial charge on any atom is -0.480 e. The van der Waals surface area contributed by atoms with Gasteiger partial charge in [-0.25, -0.2) is 4.79 Å². The lowest BCUT2D eigenvalue weighted by Crippen LogP contribution is -2.44. The first kappa shape index (κ1) is 15.8. The first-order valence-electron chi connectivity index (χ1n) is 6.46. The number of para-hydroxylation sites is 1. The number of carboxylic acid groups (broad SMARTS) is 1. The summed E-state index contributed by atoms with van der Waals surface area (Å²) in [5.41, 5.74) is 0.579. The molecule has 0 saturated heterocycles. The number of rotatable bonds is 7. The maximum absolute atomic E-state index is 12.3. The number of anilines is 1. The summed E-state index contributed by atoms with van der Waals surface area (Å²) in [6.07, 6.45) is 3.42. The molecular formula is C15H20N2O3. The fourth-order valence-corrected chi connectivity index (χ4v) is 1.79. The number of carbonyl (C=O) groups excluding carboxylic acids is 1. The van der Waals surface area contributed by atoms with Crippen molar-refractivity contribution in [3.63, 3.8) is 0 Å². The van der Waals surface area contributed by atoms with Gasteiger partial charge < -0.3 is 10.0 Å². The molecule has 5 nitrogen and oxygen atoms in total. The highest BCUT2D eigenvalue weighted by molar-refractivity contribution is 5.96. The van der Waals surface area contributed by atoms with E-state index in [4.69, 9.17) is 5.11 Å². The zero-order chi connectivity index (χ0) is 15.0. The molecule has 0 fully saturated rings. The highest BCUT2D eigenvalue weighted by Crippen LogP contribution is 2.15. The number of amides is 2. The van der Waals surface area contributed by atoms with E-state index >= 15 is 0 Å². The van der Waals surface area contributed by atoms with E-state index in [2.05, 4.69) is 6.58 Å². The van der Waals surface area contributed by atoms with Crippen LogP contribution in [0.2, 0.25) is 0 Å². The number of carbonyl (C=O) groups is 2. The van der Waals surface area contributed by atoms with Gasteiger partial charge in [-0.1, -0.05) is 24.3 Å². The van der Waals surface area contributed by atoms with Gasteiger partial charge in [-0.05, 0) is 25.0 Å². The van der Waals surface area contributed by atoms with Crippen LogP contribution >= 0.6 is 0 Å². The fraction of sp³-hybridized carbons (Fsp3) is 0.333. The third kappa shape index (κ3) is 4.76. The zero-order valence-corrected chi connectivity index (χ0v) is 11.7. The van der Waals surface area contributed by atoms with Gasteiger partial charge in [-0.3, -0.25) is 9.69 Å². The molecule has 1 N–H and O–H groups in total. The van der Waals surface area contributed by atoms with Gasteiger partial charge >= 0.3 is 12.0 Å². The van der Waals surface area contributed by atoms with Crippen LogP contribution in [0.15, 0.2) is 43.0 Å². The average Bonchev–Trinajstić information content (AvgIpc) is 2.45. The third-order valence-corrected chi connectivity index (χ3v) is 2.82. The number of hydrogen-bond donors (Lipinski definition) is 1. The molecule has 2 amide bonds. The molecule has 0 aromatic heterocycles. The van der Waals surface area contributed by atoms with E-state index in [-0.39, 0.29) is 12.6 Å². The van der Waals surface area contributed by atoms with Crippen molar-refractivity contribution in [3.8, 4) is 0 Å². The Hall–Kier alpha value is -2.30. The van der Waals surface area contributed by atoms with Crippen LogP contribution in [-0.4, -0.2) is 42.1 Å². The summed E-state index contributed by atoms with van der Waals surface area (Å²) in [5, 5.41) is 8.96. The molecular weight excluding hydrogens is 256 g/mol. The van der Waals surface area contributed by atoms with Crippen molar-refractivity contribution in [3.05, 3.63) is 43.0 Å². The normalized spacial score (nSPS) is 9.85. The van der Waals surface area contributed by atoms with Gasteiger partial charge in [0.15, 0.2) is 0 Å². The van der Waals surface area contributed by atoms with Crippen LogP contribution < -0.4 is 4.90 Å². The molecule has 1 aromatic rings. The second-order valence-electron chi connectivity index (χ2n) is 4.45. The summed E-state index contributed by atoms with van der Waals surface area (Å²) in [6.45, 7) is 3.84. The Morgan fingerprint density at radius 2 is 1.95 bits per heavy atom. The second kappa shape index (κ2) is 7.99. The number of carboxylic acids is 1. The van der Waals surface area contributed by atoms with Crippen molar-refractivity contribution in [2.45, 2.75) is 12.8 Å². The smallest absolute Gasteiger partial charge is 0.324 e. The van der Waals surface area contributed by atoms with E-state index in [1.54, 1.807) is 37.4 Å².